The minimum absolute atomic E-state index is 0. The van der Waals surface area contributed by atoms with Crippen LogP contribution >= 0.6 is 12.4 Å². The van der Waals surface area contributed by atoms with E-state index >= 15 is 0 Å². The zero-order valence-corrected chi connectivity index (χ0v) is 16.0. The van der Waals surface area contributed by atoms with E-state index in [0.717, 1.165) is 17.0 Å². The molecule has 6 nitrogen and oxygen atoms in total. The van der Waals surface area contributed by atoms with Crippen LogP contribution < -0.4 is 10.6 Å². The molecule has 2 heterocycles. The van der Waals surface area contributed by atoms with Crippen LogP contribution in [0.25, 0.3) is 0 Å². The largest absolute Gasteiger partial charge is 0.350 e. The number of hydrogen-bond acceptors (Lipinski definition) is 5. The molecule has 1 unspecified atom stereocenters. The highest BCUT2D eigenvalue weighted by atomic mass is 35.5. The molecule has 0 bridgehead atoms. The molecule has 4 rings (SSSR count). The number of benzene rings is 2. The van der Waals surface area contributed by atoms with Gasteiger partial charge in [-0.25, -0.2) is 4.63 Å². The average molecular weight is 384 g/mol. The molecule has 0 saturated heterocycles. The van der Waals surface area contributed by atoms with Crippen molar-refractivity contribution in [3.05, 3.63) is 71.3 Å². The van der Waals surface area contributed by atoms with E-state index in [1.54, 1.807) is 0 Å². The molecule has 0 aliphatic carbocycles. The van der Waals surface area contributed by atoms with Crippen LogP contribution in [0.3, 0.4) is 0 Å². The van der Waals surface area contributed by atoms with Gasteiger partial charge in [-0.1, -0.05) is 68.4 Å². The lowest BCUT2D eigenvalue weighted by Gasteiger charge is -2.26. The molecule has 0 spiro atoms. The maximum Gasteiger partial charge on any atom is 0.220 e. The van der Waals surface area contributed by atoms with E-state index in [-0.39, 0.29) is 18.4 Å². The molecule has 1 aliphatic rings. The number of nitrogens with one attached hydrogen (secondary N) is 2. The Kier molecular flexibility index (Phi) is 5.76. The third-order valence-corrected chi connectivity index (χ3v) is 4.50. The summed E-state index contributed by atoms with van der Waals surface area (Å²) in [5.74, 6) is 2.46. The number of aromatic nitrogens is 2. The number of amidine groups is 1. The number of anilines is 2. The highest BCUT2D eigenvalue weighted by Gasteiger charge is 2.28. The van der Waals surface area contributed by atoms with Gasteiger partial charge in [-0.05, 0) is 32.9 Å². The van der Waals surface area contributed by atoms with E-state index in [2.05, 4.69) is 71.2 Å². The first-order chi connectivity index (χ1) is 12.7. The zero-order valence-electron chi connectivity index (χ0n) is 15.2. The molecule has 1 aromatic heterocycles. The third kappa shape index (κ3) is 4.11. The Morgan fingerprint density at radius 1 is 1.00 bits per heavy atom. The van der Waals surface area contributed by atoms with Crippen LogP contribution in [0, 0.1) is 0 Å². The molecule has 7 heteroatoms. The van der Waals surface area contributed by atoms with Crippen LogP contribution in [0.1, 0.15) is 42.5 Å². The molecular formula is C20H22ClN5O. The van der Waals surface area contributed by atoms with Crippen LogP contribution in [0.15, 0.2) is 64.2 Å². The fraction of sp³-hybridized carbons (Fsp3) is 0.250. The first-order valence-corrected chi connectivity index (χ1v) is 8.75. The Labute approximate surface area is 164 Å². The Balaban J connectivity index is 0.00000210. The van der Waals surface area contributed by atoms with E-state index in [4.69, 9.17) is 9.62 Å². The second kappa shape index (κ2) is 8.22. The maximum absolute atomic E-state index is 4.83. The molecule has 1 atom stereocenters. The lowest BCUT2D eigenvalue weighted by molar-refractivity contribution is 0.310. The van der Waals surface area contributed by atoms with Crippen molar-refractivity contribution >= 4 is 29.9 Å². The smallest absolute Gasteiger partial charge is 0.220 e. The number of aliphatic imine (C=N–C) groups is 1. The van der Waals surface area contributed by atoms with Gasteiger partial charge in [-0.3, -0.25) is 4.99 Å². The second-order valence-corrected chi connectivity index (χ2v) is 6.67. The van der Waals surface area contributed by atoms with Crippen molar-refractivity contribution in [3.8, 4) is 0 Å². The highest BCUT2D eigenvalue weighted by Crippen LogP contribution is 2.31. The lowest BCUT2D eigenvalue weighted by Crippen LogP contribution is -2.32. The minimum Gasteiger partial charge on any atom is -0.350 e. The van der Waals surface area contributed by atoms with E-state index in [1.165, 1.54) is 5.56 Å². The summed E-state index contributed by atoms with van der Waals surface area (Å²) < 4.78 is 4.83. The number of hydrogen-bond donors (Lipinski definition) is 2. The van der Waals surface area contributed by atoms with Crippen molar-refractivity contribution in [1.82, 2.24) is 10.3 Å². The molecule has 0 amide bonds. The van der Waals surface area contributed by atoms with Gasteiger partial charge >= 0.3 is 0 Å². The Morgan fingerprint density at radius 3 is 2.41 bits per heavy atom. The Hall–Kier alpha value is -2.86. The molecule has 0 radical (unpaired) electrons. The molecule has 0 fully saturated rings. The predicted octanol–water partition coefficient (Wildman–Crippen LogP) is 4.79. The van der Waals surface area contributed by atoms with Gasteiger partial charge in [-0.15, -0.1) is 12.4 Å². The summed E-state index contributed by atoms with van der Waals surface area (Å²) >= 11 is 0. The molecule has 2 aromatic carbocycles. The average Bonchev–Trinajstić information content (AvgIpc) is 3.14. The molecular weight excluding hydrogens is 362 g/mol. The van der Waals surface area contributed by atoms with Crippen LogP contribution in [0.4, 0.5) is 11.6 Å². The summed E-state index contributed by atoms with van der Waals surface area (Å²) in [4.78, 5) is 4.78. The van der Waals surface area contributed by atoms with Crippen molar-refractivity contribution in [3.63, 3.8) is 0 Å². The molecule has 27 heavy (non-hydrogen) atoms. The summed E-state index contributed by atoms with van der Waals surface area (Å²) in [7, 11) is 0. The first-order valence-electron chi connectivity index (χ1n) is 8.75. The summed E-state index contributed by atoms with van der Waals surface area (Å²) in [5, 5.41) is 14.4. The summed E-state index contributed by atoms with van der Waals surface area (Å²) in [6.07, 6.45) is 0. The van der Waals surface area contributed by atoms with E-state index in [0.29, 0.717) is 24.1 Å². The van der Waals surface area contributed by atoms with Crippen molar-refractivity contribution in [2.45, 2.75) is 32.4 Å². The van der Waals surface area contributed by atoms with E-state index in [1.807, 2.05) is 18.2 Å². The lowest BCUT2D eigenvalue weighted by atomic mass is 9.98. The first kappa shape index (κ1) is 18.9. The van der Waals surface area contributed by atoms with Crippen molar-refractivity contribution < 1.29 is 4.63 Å². The number of halogens is 1. The second-order valence-electron chi connectivity index (χ2n) is 6.67. The van der Waals surface area contributed by atoms with Gasteiger partial charge in [0.25, 0.3) is 0 Å². The van der Waals surface area contributed by atoms with Crippen molar-refractivity contribution in [2.24, 2.45) is 4.99 Å². The molecule has 3 aromatic rings. The highest BCUT2D eigenvalue weighted by molar-refractivity contribution is 6.05. The van der Waals surface area contributed by atoms with Gasteiger partial charge < -0.3 is 10.6 Å². The quantitative estimate of drug-likeness (QED) is 0.677. The summed E-state index contributed by atoms with van der Waals surface area (Å²) in [6, 6.07) is 18.6. The summed E-state index contributed by atoms with van der Waals surface area (Å²) in [6.45, 7) is 4.97. The van der Waals surface area contributed by atoms with Gasteiger partial charge in [0, 0.05) is 0 Å². The molecule has 1 aliphatic heterocycles. The van der Waals surface area contributed by atoms with Crippen molar-refractivity contribution in [2.75, 3.05) is 10.6 Å². The third-order valence-electron chi connectivity index (χ3n) is 4.50. The van der Waals surface area contributed by atoms with E-state index < -0.39 is 0 Å². The SMILES string of the molecule is CC(C)c1ccc(C2Nc3nonc3NC2=NCc2ccccc2)cc1.Cl. The normalized spacial score (nSPS) is 17.0. The van der Waals surface area contributed by atoms with Crippen molar-refractivity contribution in [1.29, 1.82) is 0 Å². The standard InChI is InChI=1S/C20H21N5O.ClH/c1-13(2)15-8-10-16(11-9-15)17-18(21-12-14-6-4-3-5-7-14)23-20-19(22-17)24-26-25-20;/h3-11,13,17H,12H2,1-2H3,(H,22,24)(H,21,23,25);1H. The maximum atomic E-state index is 4.83. The van der Waals surface area contributed by atoms with Gasteiger partial charge in [0.05, 0.1) is 6.54 Å². The van der Waals surface area contributed by atoms with Gasteiger partial charge in [-0.2, -0.15) is 0 Å². The number of fused-ring (bicyclic) bond motifs is 1. The summed E-state index contributed by atoms with van der Waals surface area (Å²) in [5.41, 5.74) is 3.58. The zero-order chi connectivity index (χ0) is 17.9. The minimum atomic E-state index is -0.126. The topological polar surface area (TPSA) is 75.3 Å². The van der Waals surface area contributed by atoms with Crippen LogP contribution in [-0.4, -0.2) is 16.1 Å². The Morgan fingerprint density at radius 2 is 1.70 bits per heavy atom. The fourth-order valence-electron chi connectivity index (χ4n) is 2.97. The molecule has 2 N–H and O–H groups in total. The van der Waals surface area contributed by atoms with Crippen LogP contribution in [0.5, 0.6) is 0 Å². The van der Waals surface area contributed by atoms with E-state index in [9.17, 15) is 0 Å². The van der Waals surface area contributed by atoms with Gasteiger partial charge in [0.1, 0.15) is 11.9 Å². The number of rotatable bonds is 4. The Bertz CT molecular complexity index is 906. The predicted molar refractivity (Wildman–Crippen MR) is 110 cm³/mol. The number of nitrogens with zero attached hydrogens (tertiary/aromatic N) is 3. The van der Waals surface area contributed by atoms with Crippen LogP contribution in [0.2, 0.25) is 0 Å². The van der Waals surface area contributed by atoms with Gasteiger partial charge in [0.2, 0.25) is 11.6 Å². The monoisotopic (exact) mass is 383 g/mol. The van der Waals surface area contributed by atoms with Crippen LogP contribution in [-0.2, 0) is 6.54 Å². The fourth-order valence-corrected chi connectivity index (χ4v) is 2.97. The molecule has 140 valence electrons. The van der Waals surface area contributed by atoms with Gasteiger partial charge in [0.15, 0.2) is 0 Å². The molecule has 0 saturated carbocycles.